The van der Waals surface area contributed by atoms with Crippen molar-refractivity contribution < 1.29 is 14.6 Å². The van der Waals surface area contributed by atoms with Crippen LogP contribution in [0.4, 0.5) is 0 Å². The molecule has 74 valence electrons. The van der Waals surface area contributed by atoms with E-state index in [2.05, 4.69) is 0 Å². The second-order valence-corrected chi connectivity index (χ2v) is 3.89. The van der Waals surface area contributed by atoms with Gasteiger partial charge < -0.3 is 14.6 Å². The molecule has 0 spiro atoms. The number of aryl methyl sites for hydroxylation is 1. The van der Waals surface area contributed by atoms with Gasteiger partial charge in [0.2, 0.25) is 0 Å². The maximum atomic E-state index is 9.75. The largest absolute Gasteiger partial charge is 0.383 e. The highest BCUT2D eigenvalue weighted by Crippen LogP contribution is 2.24. The molecule has 0 aliphatic carbocycles. The predicted molar refractivity (Wildman–Crippen MR) is 51.8 cm³/mol. The number of aliphatic hydroxyl groups is 1. The third-order valence-corrected chi connectivity index (χ3v) is 2.69. The Bertz CT molecular complexity index is 255. The Labute approximate surface area is 81.9 Å². The van der Waals surface area contributed by atoms with Gasteiger partial charge >= 0.3 is 0 Å². The molecule has 1 aromatic rings. The average Bonchev–Trinajstić information content (AvgIpc) is 2.54. The molecule has 1 unspecified atom stereocenters. The highest BCUT2D eigenvalue weighted by molar-refractivity contribution is 7.10. The van der Waals surface area contributed by atoms with E-state index in [0.29, 0.717) is 0 Å². The standard InChI is InChI=1S/C9H14O3S/c1-6-4-7(5-13-6)8(10)9(11-2)12-3/h4-5,8-10H,1-3H3. The van der Waals surface area contributed by atoms with Crippen molar-refractivity contribution in [1.29, 1.82) is 0 Å². The number of aliphatic hydroxyl groups excluding tert-OH is 1. The topological polar surface area (TPSA) is 38.7 Å². The minimum absolute atomic E-state index is 0.589. The lowest BCUT2D eigenvalue weighted by atomic mass is 10.2. The van der Waals surface area contributed by atoms with Crippen LogP contribution in [-0.2, 0) is 9.47 Å². The normalized spacial score (nSPS) is 13.6. The van der Waals surface area contributed by atoms with Crippen LogP contribution in [0.5, 0.6) is 0 Å². The zero-order valence-corrected chi connectivity index (χ0v) is 8.80. The molecular weight excluding hydrogens is 188 g/mol. The molecule has 0 bridgehead atoms. The quantitative estimate of drug-likeness (QED) is 0.755. The molecule has 0 aliphatic heterocycles. The molecule has 1 aromatic heterocycles. The molecule has 1 N–H and O–H groups in total. The first kappa shape index (κ1) is 10.7. The van der Waals surface area contributed by atoms with Gasteiger partial charge in [0.25, 0.3) is 0 Å². The van der Waals surface area contributed by atoms with E-state index in [1.54, 1.807) is 11.3 Å². The van der Waals surface area contributed by atoms with Crippen LogP contribution < -0.4 is 0 Å². The van der Waals surface area contributed by atoms with E-state index < -0.39 is 12.4 Å². The van der Waals surface area contributed by atoms with Crippen LogP contribution in [0.2, 0.25) is 0 Å². The van der Waals surface area contributed by atoms with Gasteiger partial charge in [-0.15, -0.1) is 11.3 Å². The van der Waals surface area contributed by atoms with Crippen LogP contribution in [-0.4, -0.2) is 25.6 Å². The van der Waals surface area contributed by atoms with Gasteiger partial charge in [-0.2, -0.15) is 0 Å². The molecule has 1 rings (SSSR count). The molecule has 0 fully saturated rings. The summed E-state index contributed by atoms with van der Waals surface area (Å²) in [6.07, 6.45) is -1.30. The molecule has 1 heterocycles. The Morgan fingerprint density at radius 1 is 1.38 bits per heavy atom. The molecule has 0 radical (unpaired) electrons. The van der Waals surface area contributed by atoms with Crippen LogP contribution in [0, 0.1) is 6.92 Å². The van der Waals surface area contributed by atoms with E-state index in [1.165, 1.54) is 19.1 Å². The Morgan fingerprint density at radius 3 is 2.38 bits per heavy atom. The third-order valence-electron chi connectivity index (χ3n) is 1.81. The van der Waals surface area contributed by atoms with Gasteiger partial charge in [0.15, 0.2) is 6.29 Å². The maximum absolute atomic E-state index is 9.75. The summed E-state index contributed by atoms with van der Waals surface area (Å²) in [5, 5.41) is 11.7. The molecule has 1 atom stereocenters. The number of rotatable bonds is 4. The molecule has 13 heavy (non-hydrogen) atoms. The van der Waals surface area contributed by atoms with Gasteiger partial charge in [-0.1, -0.05) is 0 Å². The minimum atomic E-state index is -0.708. The fourth-order valence-electron chi connectivity index (χ4n) is 1.13. The van der Waals surface area contributed by atoms with Gasteiger partial charge in [0, 0.05) is 19.1 Å². The fourth-order valence-corrected chi connectivity index (χ4v) is 1.86. The monoisotopic (exact) mass is 202 g/mol. The first-order valence-electron chi connectivity index (χ1n) is 3.97. The lowest BCUT2D eigenvalue weighted by Gasteiger charge is -2.18. The van der Waals surface area contributed by atoms with Crippen LogP contribution in [0.3, 0.4) is 0 Å². The van der Waals surface area contributed by atoms with E-state index in [0.717, 1.165) is 5.56 Å². The first-order chi connectivity index (χ1) is 6.19. The number of hydrogen-bond acceptors (Lipinski definition) is 4. The summed E-state index contributed by atoms with van der Waals surface area (Å²) in [6.45, 7) is 2.00. The molecular formula is C9H14O3S. The van der Waals surface area contributed by atoms with Crippen molar-refractivity contribution in [2.24, 2.45) is 0 Å². The molecule has 0 saturated carbocycles. The van der Waals surface area contributed by atoms with Crippen molar-refractivity contribution in [3.63, 3.8) is 0 Å². The van der Waals surface area contributed by atoms with E-state index in [1.807, 2.05) is 18.4 Å². The van der Waals surface area contributed by atoms with Crippen molar-refractivity contribution in [3.8, 4) is 0 Å². The van der Waals surface area contributed by atoms with Crippen molar-refractivity contribution >= 4 is 11.3 Å². The van der Waals surface area contributed by atoms with E-state index in [4.69, 9.17) is 9.47 Å². The Hall–Kier alpha value is -0.420. The molecule has 0 saturated heterocycles. The summed E-state index contributed by atoms with van der Waals surface area (Å²) in [5.74, 6) is 0. The maximum Gasteiger partial charge on any atom is 0.187 e. The highest BCUT2D eigenvalue weighted by atomic mass is 32.1. The van der Waals surface area contributed by atoms with Gasteiger partial charge in [-0.05, 0) is 23.9 Å². The number of thiophene rings is 1. The number of ether oxygens (including phenoxy) is 2. The van der Waals surface area contributed by atoms with Gasteiger partial charge in [0.05, 0.1) is 0 Å². The molecule has 0 aliphatic rings. The van der Waals surface area contributed by atoms with Crippen molar-refractivity contribution in [1.82, 2.24) is 0 Å². The lowest BCUT2D eigenvalue weighted by Crippen LogP contribution is -2.22. The summed E-state index contributed by atoms with van der Waals surface area (Å²) >= 11 is 1.60. The summed E-state index contributed by atoms with van der Waals surface area (Å²) in [4.78, 5) is 1.17. The van der Waals surface area contributed by atoms with Crippen molar-refractivity contribution in [3.05, 3.63) is 21.9 Å². The van der Waals surface area contributed by atoms with E-state index in [9.17, 15) is 5.11 Å². The fraction of sp³-hybridized carbons (Fsp3) is 0.556. The second kappa shape index (κ2) is 4.72. The van der Waals surface area contributed by atoms with E-state index in [-0.39, 0.29) is 0 Å². The number of methoxy groups -OCH3 is 2. The Morgan fingerprint density at radius 2 is 2.00 bits per heavy atom. The summed E-state index contributed by atoms with van der Waals surface area (Å²) in [6, 6.07) is 1.93. The number of hydrogen-bond donors (Lipinski definition) is 1. The molecule has 0 aromatic carbocycles. The second-order valence-electron chi connectivity index (χ2n) is 2.78. The van der Waals surface area contributed by atoms with Gasteiger partial charge in [0.1, 0.15) is 6.10 Å². The predicted octanol–water partition coefficient (Wildman–Crippen LogP) is 1.71. The Kier molecular flexibility index (Phi) is 3.87. The highest BCUT2D eigenvalue weighted by Gasteiger charge is 2.20. The third kappa shape index (κ3) is 2.51. The summed E-state index contributed by atoms with van der Waals surface area (Å²) in [5.41, 5.74) is 0.844. The molecule has 0 amide bonds. The summed E-state index contributed by atoms with van der Waals surface area (Å²) in [7, 11) is 3.02. The molecule has 3 nitrogen and oxygen atoms in total. The van der Waals surface area contributed by atoms with Crippen molar-refractivity contribution in [2.45, 2.75) is 19.3 Å². The van der Waals surface area contributed by atoms with Gasteiger partial charge in [-0.25, -0.2) is 0 Å². The smallest absolute Gasteiger partial charge is 0.187 e. The first-order valence-corrected chi connectivity index (χ1v) is 4.85. The summed E-state index contributed by atoms with van der Waals surface area (Å²) < 4.78 is 9.91. The minimum Gasteiger partial charge on any atom is -0.383 e. The Balaban J connectivity index is 2.71. The zero-order chi connectivity index (χ0) is 9.84. The van der Waals surface area contributed by atoms with E-state index >= 15 is 0 Å². The van der Waals surface area contributed by atoms with Crippen molar-refractivity contribution in [2.75, 3.05) is 14.2 Å². The zero-order valence-electron chi connectivity index (χ0n) is 7.98. The van der Waals surface area contributed by atoms with Crippen LogP contribution in [0.1, 0.15) is 16.5 Å². The van der Waals surface area contributed by atoms with Crippen LogP contribution in [0.15, 0.2) is 11.4 Å². The average molecular weight is 202 g/mol. The lowest BCUT2D eigenvalue weighted by molar-refractivity contribution is -0.166. The molecule has 4 heteroatoms. The van der Waals surface area contributed by atoms with Crippen LogP contribution in [0.25, 0.3) is 0 Å². The SMILES string of the molecule is COC(OC)C(O)c1csc(C)c1. The van der Waals surface area contributed by atoms with Crippen LogP contribution >= 0.6 is 11.3 Å². The van der Waals surface area contributed by atoms with Gasteiger partial charge in [-0.3, -0.25) is 0 Å².